The summed E-state index contributed by atoms with van der Waals surface area (Å²) in [5.74, 6) is -0.0795. The van der Waals surface area contributed by atoms with Gasteiger partial charge in [0.2, 0.25) is 11.8 Å². The quantitative estimate of drug-likeness (QED) is 0.803. The fourth-order valence-electron chi connectivity index (χ4n) is 4.05. The van der Waals surface area contributed by atoms with Gasteiger partial charge in [-0.3, -0.25) is 14.5 Å². The maximum atomic E-state index is 12.8. The second kappa shape index (κ2) is 7.78. The number of carbonyl (C=O) groups is 2. The van der Waals surface area contributed by atoms with Crippen molar-refractivity contribution in [2.45, 2.75) is 43.7 Å². The topological polar surface area (TPSA) is 74.3 Å². The van der Waals surface area contributed by atoms with Gasteiger partial charge in [-0.05, 0) is 44.2 Å². The Morgan fingerprint density at radius 2 is 2.04 bits per heavy atom. The van der Waals surface area contributed by atoms with Crippen LogP contribution < -0.4 is 10.6 Å². The monoisotopic (exact) mass is 384 g/mol. The summed E-state index contributed by atoms with van der Waals surface area (Å²) in [4.78, 5) is 31.4. The zero-order chi connectivity index (χ0) is 18.7. The number of aromatic nitrogens is 1. The van der Waals surface area contributed by atoms with Gasteiger partial charge in [0.25, 0.3) is 0 Å². The molecule has 1 unspecified atom stereocenters. The predicted octanol–water partition coefficient (Wildman–Crippen LogP) is 2.74. The molecule has 4 rings (SSSR count). The van der Waals surface area contributed by atoms with E-state index in [9.17, 15) is 9.59 Å². The van der Waals surface area contributed by atoms with Crippen LogP contribution in [0.5, 0.6) is 0 Å². The molecule has 0 spiro atoms. The van der Waals surface area contributed by atoms with Crippen LogP contribution in [0.3, 0.4) is 0 Å². The van der Waals surface area contributed by atoms with Crippen LogP contribution in [-0.2, 0) is 15.1 Å². The minimum atomic E-state index is -0.270. The zero-order valence-corrected chi connectivity index (χ0v) is 16.0. The highest BCUT2D eigenvalue weighted by Crippen LogP contribution is 2.41. The fraction of sp³-hybridized carbons (Fsp3) is 0.450. The third-order valence-corrected chi connectivity index (χ3v) is 6.28. The lowest BCUT2D eigenvalue weighted by Gasteiger charge is -2.43. The van der Waals surface area contributed by atoms with Gasteiger partial charge in [0.1, 0.15) is 0 Å². The summed E-state index contributed by atoms with van der Waals surface area (Å²) in [7, 11) is 0. The molecule has 1 saturated heterocycles. The highest BCUT2D eigenvalue weighted by atomic mass is 32.1. The lowest BCUT2D eigenvalue weighted by molar-refractivity contribution is -0.127. The van der Waals surface area contributed by atoms with Crippen molar-refractivity contribution in [1.82, 2.24) is 15.2 Å². The predicted molar refractivity (Wildman–Crippen MR) is 105 cm³/mol. The Morgan fingerprint density at radius 3 is 2.70 bits per heavy atom. The Kier molecular flexibility index (Phi) is 5.22. The lowest BCUT2D eigenvalue weighted by Crippen LogP contribution is -2.54. The molecule has 142 valence electrons. The number of nitrogens with one attached hydrogen (secondary N) is 2. The average molecular weight is 385 g/mol. The number of benzene rings is 1. The van der Waals surface area contributed by atoms with Crippen molar-refractivity contribution < 1.29 is 9.59 Å². The van der Waals surface area contributed by atoms with E-state index in [0.717, 1.165) is 38.6 Å². The Bertz CT molecular complexity index is 790. The van der Waals surface area contributed by atoms with Gasteiger partial charge >= 0.3 is 0 Å². The molecule has 2 aromatic rings. The van der Waals surface area contributed by atoms with Crippen LogP contribution in [0, 0.1) is 0 Å². The van der Waals surface area contributed by atoms with Gasteiger partial charge in [-0.1, -0.05) is 30.3 Å². The minimum Gasteiger partial charge on any atom is -0.345 e. The minimum absolute atomic E-state index is 0.00694. The molecule has 1 aliphatic heterocycles. The molecule has 2 fully saturated rings. The van der Waals surface area contributed by atoms with Crippen molar-refractivity contribution in [2.24, 2.45) is 0 Å². The van der Waals surface area contributed by atoms with Crippen LogP contribution in [-0.4, -0.2) is 40.8 Å². The molecule has 1 aromatic heterocycles. The number of hydrogen-bond donors (Lipinski definition) is 2. The van der Waals surface area contributed by atoms with Gasteiger partial charge in [0, 0.05) is 11.6 Å². The van der Waals surface area contributed by atoms with Crippen molar-refractivity contribution in [3.05, 3.63) is 47.5 Å². The summed E-state index contributed by atoms with van der Waals surface area (Å²) in [5.41, 5.74) is 0.931. The van der Waals surface area contributed by atoms with Gasteiger partial charge in [-0.25, -0.2) is 4.98 Å². The fourth-order valence-corrected chi connectivity index (χ4v) is 4.58. The first-order valence-electron chi connectivity index (χ1n) is 9.47. The molecule has 0 radical (unpaired) electrons. The van der Waals surface area contributed by atoms with Crippen LogP contribution in [0.25, 0.3) is 0 Å². The molecule has 27 heavy (non-hydrogen) atoms. The van der Waals surface area contributed by atoms with Crippen molar-refractivity contribution in [3.8, 4) is 0 Å². The highest BCUT2D eigenvalue weighted by Gasteiger charge is 2.41. The molecule has 2 aliphatic rings. The lowest BCUT2D eigenvalue weighted by atomic mass is 9.72. The molecule has 1 atom stereocenters. The van der Waals surface area contributed by atoms with Crippen molar-refractivity contribution in [2.75, 3.05) is 18.4 Å². The Morgan fingerprint density at radius 1 is 1.22 bits per heavy atom. The maximum Gasteiger partial charge on any atom is 0.243 e. The van der Waals surface area contributed by atoms with Crippen LogP contribution in [0.4, 0.5) is 5.13 Å². The molecule has 7 heteroatoms. The van der Waals surface area contributed by atoms with Crippen molar-refractivity contribution >= 4 is 28.3 Å². The van der Waals surface area contributed by atoms with E-state index >= 15 is 0 Å². The van der Waals surface area contributed by atoms with Gasteiger partial charge < -0.3 is 10.6 Å². The Hall–Kier alpha value is -2.25. The normalized spacial score (nSPS) is 21.4. The van der Waals surface area contributed by atoms with Crippen molar-refractivity contribution in [1.29, 1.82) is 0 Å². The van der Waals surface area contributed by atoms with Gasteiger partial charge in [-0.15, -0.1) is 11.3 Å². The number of likely N-dealkylation sites (tertiary alicyclic amines) is 1. The molecule has 2 N–H and O–H groups in total. The van der Waals surface area contributed by atoms with Crippen molar-refractivity contribution in [3.63, 3.8) is 0 Å². The van der Waals surface area contributed by atoms with Crippen LogP contribution in [0.2, 0.25) is 0 Å². The molecular weight excluding hydrogens is 360 g/mol. The van der Waals surface area contributed by atoms with Gasteiger partial charge in [-0.2, -0.15) is 0 Å². The third-order valence-electron chi connectivity index (χ3n) is 5.59. The maximum absolute atomic E-state index is 12.8. The number of rotatable bonds is 6. The summed E-state index contributed by atoms with van der Waals surface area (Å²) >= 11 is 1.40. The van der Waals surface area contributed by atoms with E-state index in [1.807, 2.05) is 28.5 Å². The zero-order valence-electron chi connectivity index (χ0n) is 15.2. The molecule has 2 heterocycles. The molecule has 6 nitrogen and oxygen atoms in total. The Balaban J connectivity index is 1.37. The number of carbonyl (C=O) groups excluding carboxylic acids is 2. The second-order valence-electron chi connectivity index (χ2n) is 7.30. The van der Waals surface area contributed by atoms with E-state index in [-0.39, 0.29) is 29.9 Å². The number of thiazole rings is 1. The first-order valence-corrected chi connectivity index (χ1v) is 10.4. The molecule has 1 aliphatic carbocycles. The molecule has 0 bridgehead atoms. The number of nitrogens with zero attached hydrogens (tertiary/aromatic N) is 2. The highest BCUT2D eigenvalue weighted by molar-refractivity contribution is 7.13. The van der Waals surface area contributed by atoms with Crippen LogP contribution in [0.15, 0.2) is 41.9 Å². The van der Waals surface area contributed by atoms with E-state index in [2.05, 4.69) is 27.8 Å². The SMILES string of the molecule is O=C(CN1CCCC1C(=O)Nc1nccs1)NC1(c2ccccc2)CCC1. The van der Waals surface area contributed by atoms with Gasteiger partial charge in [0.15, 0.2) is 5.13 Å². The summed E-state index contributed by atoms with van der Waals surface area (Å²) in [6.07, 6.45) is 6.42. The smallest absolute Gasteiger partial charge is 0.243 e. The van der Waals surface area contributed by atoms with E-state index in [4.69, 9.17) is 0 Å². The summed E-state index contributed by atoms with van der Waals surface area (Å²) in [6.45, 7) is 1.02. The summed E-state index contributed by atoms with van der Waals surface area (Å²) < 4.78 is 0. The van der Waals surface area contributed by atoms with Gasteiger partial charge in [0.05, 0.1) is 18.1 Å². The standard InChI is InChI=1S/C20H24N4O2S/c25-17(23-20(9-5-10-20)15-6-2-1-3-7-15)14-24-12-4-8-16(24)18(26)22-19-21-11-13-27-19/h1-3,6-7,11,13,16H,4-5,8-10,12,14H2,(H,23,25)(H,21,22,26). The average Bonchev–Trinajstić information content (AvgIpc) is 3.31. The Labute approximate surface area is 163 Å². The van der Waals surface area contributed by atoms with Crippen LogP contribution >= 0.6 is 11.3 Å². The second-order valence-corrected chi connectivity index (χ2v) is 8.20. The number of amides is 2. The van der Waals surface area contributed by atoms with E-state index in [0.29, 0.717) is 5.13 Å². The number of hydrogen-bond acceptors (Lipinski definition) is 5. The summed E-state index contributed by atoms with van der Waals surface area (Å²) in [5, 5.41) is 8.55. The molecule has 1 saturated carbocycles. The first kappa shape index (κ1) is 18.1. The summed E-state index contributed by atoms with van der Waals surface area (Å²) in [6, 6.07) is 9.92. The molecule has 1 aromatic carbocycles. The van der Waals surface area contributed by atoms with E-state index < -0.39 is 0 Å². The molecular formula is C20H24N4O2S. The third kappa shape index (κ3) is 3.89. The largest absolute Gasteiger partial charge is 0.345 e. The van der Waals surface area contributed by atoms with Crippen LogP contribution in [0.1, 0.15) is 37.7 Å². The van der Waals surface area contributed by atoms with E-state index in [1.54, 1.807) is 6.20 Å². The van der Waals surface area contributed by atoms with E-state index in [1.165, 1.54) is 16.9 Å². The molecule has 2 amide bonds. The number of anilines is 1. The first-order chi connectivity index (χ1) is 13.2.